The van der Waals surface area contributed by atoms with E-state index in [4.69, 9.17) is 30.9 Å². The van der Waals surface area contributed by atoms with Crippen molar-refractivity contribution in [1.29, 1.82) is 0 Å². The second-order valence-corrected chi connectivity index (χ2v) is 8.41. The first-order valence-corrected chi connectivity index (χ1v) is 11.6. The Morgan fingerprint density at radius 2 is 2.15 bits per heavy atom. The van der Waals surface area contributed by atoms with E-state index in [-0.39, 0.29) is 17.7 Å². The Morgan fingerprint density at radius 3 is 2.94 bits per heavy atom. The first-order valence-electron chi connectivity index (χ1n) is 11.2. The Hall–Kier alpha value is -2.72. The molecule has 0 radical (unpaired) electrons. The minimum atomic E-state index is -0.485. The lowest BCUT2D eigenvalue weighted by molar-refractivity contribution is -0.0389. The fraction of sp³-hybridized carbons (Fsp3) is 0.417. The molecule has 2 heterocycles. The number of nitrogens with one attached hydrogen (secondary N) is 1. The summed E-state index contributed by atoms with van der Waals surface area (Å²) in [6.45, 7) is 3.90. The maximum absolute atomic E-state index is 13.5. The van der Waals surface area contributed by atoms with Crippen molar-refractivity contribution in [2.75, 3.05) is 51.9 Å². The molecule has 0 aliphatic carbocycles. The molecule has 3 aromatic rings. The van der Waals surface area contributed by atoms with Crippen LogP contribution in [0.5, 0.6) is 11.5 Å². The monoisotopic (exact) mass is 490 g/mol. The van der Waals surface area contributed by atoms with Gasteiger partial charge in [-0.15, -0.1) is 0 Å². The number of rotatable bonds is 10. The van der Waals surface area contributed by atoms with E-state index < -0.39 is 5.82 Å². The highest BCUT2D eigenvalue weighted by Gasteiger charge is 2.19. The van der Waals surface area contributed by atoms with Gasteiger partial charge in [-0.1, -0.05) is 11.6 Å². The van der Waals surface area contributed by atoms with Gasteiger partial charge in [0.05, 0.1) is 37.0 Å². The van der Waals surface area contributed by atoms with Crippen molar-refractivity contribution in [3.05, 3.63) is 47.5 Å². The smallest absolute Gasteiger partial charge is 0.162 e. The van der Waals surface area contributed by atoms with Crippen LogP contribution in [-0.2, 0) is 4.74 Å². The number of halogens is 2. The van der Waals surface area contributed by atoms with E-state index in [0.29, 0.717) is 48.2 Å². The van der Waals surface area contributed by atoms with Gasteiger partial charge < -0.3 is 24.6 Å². The van der Waals surface area contributed by atoms with Gasteiger partial charge in [0.1, 0.15) is 18.0 Å². The van der Waals surface area contributed by atoms with Crippen LogP contribution in [0.15, 0.2) is 36.7 Å². The third-order valence-corrected chi connectivity index (χ3v) is 5.94. The largest absolute Gasteiger partial charge is 0.493 e. The molecule has 0 saturated carbocycles. The highest BCUT2D eigenvalue weighted by molar-refractivity contribution is 6.31. The Kier molecular flexibility index (Phi) is 8.34. The van der Waals surface area contributed by atoms with Gasteiger partial charge in [0.25, 0.3) is 0 Å². The van der Waals surface area contributed by atoms with E-state index in [1.54, 1.807) is 19.2 Å². The molecule has 1 aliphatic heterocycles. The van der Waals surface area contributed by atoms with Gasteiger partial charge in [-0.05, 0) is 37.1 Å². The molecule has 10 heteroatoms. The third kappa shape index (κ3) is 6.04. The molecule has 0 amide bonds. The molecule has 1 saturated heterocycles. The summed E-state index contributed by atoms with van der Waals surface area (Å²) in [6, 6.07) is 8.03. The number of aliphatic hydroxyl groups excluding tert-OH is 1. The third-order valence-electron chi connectivity index (χ3n) is 5.65. The topological polar surface area (TPSA) is 89.0 Å². The molecule has 1 aromatic heterocycles. The molecule has 2 N–H and O–H groups in total. The summed E-state index contributed by atoms with van der Waals surface area (Å²) >= 11 is 5.91. The van der Waals surface area contributed by atoms with Crippen molar-refractivity contribution in [1.82, 2.24) is 14.9 Å². The number of methoxy groups -OCH3 is 1. The van der Waals surface area contributed by atoms with E-state index in [1.165, 1.54) is 18.5 Å². The zero-order valence-electron chi connectivity index (χ0n) is 19.0. The summed E-state index contributed by atoms with van der Waals surface area (Å²) < 4.78 is 30.8. The molecular formula is C24H28ClFN4O4. The first-order chi connectivity index (χ1) is 16.6. The van der Waals surface area contributed by atoms with Crippen molar-refractivity contribution in [2.45, 2.75) is 18.9 Å². The SMILES string of the molecule is COc1cc2ncnc(Nc3ccc(F)c(Cl)c3)c2cc1OCCCN1CCO[C@@H](CCO)C1. The number of nitrogens with zero attached hydrogens (tertiary/aromatic N) is 3. The normalized spacial score (nSPS) is 16.5. The number of anilines is 2. The van der Waals surface area contributed by atoms with Gasteiger partial charge in [-0.25, -0.2) is 14.4 Å². The lowest BCUT2D eigenvalue weighted by Gasteiger charge is -2.32. The fourth-order valence-corrected chi connectivity index (χ4v) is 4.10. The molecule has 0 bridgehead atoms. The lowest BCUT2D eigenvalue weighted by atomic mass is 10.2. The molecule has 0 spiro atoms. The molecule has 34 heavy (non-hydrogen) atoms. The maximum Gasteiger partial charge on any atom is 0.162 e. The summed E-state index contributed by atoms with van der Waals surface area (Å²) in [5.74, 6) is 1.23. The number of aromatic nitrogens is 2. The van der Waals surface area contributed by atoms with Gasteiger partial charge in [0.15, 0.2) is 11.5 Å². The van der Waals surface area contributed by atoms with Crippen LogP contribution < -0.4 is 14.8 Å². The van der Waals surface area contributed by atoms with Crippen LogP contribution in [0, 0.1) is 5.82 Å². The second kappa shape index (κ2) is 11.6. The Bertz CT molecular complexity index is 1120. The molecular weight excluding hydrogens is 463 g/mol. The van der Waals surface area contributed by atoms with Crippen molar-refractivity contribution >= 4 is 34.0 Å². The summed E-state index contributed by atoms with van der Waals surface area (Å²) in [4.78, 5) is 11.0. The highest BCUT2D eigenvalue weighted by atomic mass is 35.5. The quantitative estimate of drug-likeness (QED) is 0.412. The predicted molar refractivity (Wildman–Crippen MR) is 129 cm³/mol. The van der Waals surface area contributed by atoms with E-state index in [2.05, 4.69) is 20.2 Å². The van der Waals surface area contributed by atoms with Crippen LogP contribution in [0.25, 0.3) is 10.9 Å². The minimum Gasteiger partial charge on any atom is -0.493 e. The standard InChI is InChI=1S/C24H28ClFN4O4/c1-32-22-13-21-18(24(28-15-27-21)29-16-3-4-20(26)19(25)11-16)12-23(22)34-9-2-6-30-7-10-33-17(14-30)5-8-31/h3-4,11-13,15,17,31H,2,5-10,14H2,1H3,(H,27,28,29)/t17-/m0/s1. The van der Waals surface area contributed by atoms with Crippen LogP contribution in [0.2, 0.25) is 5.02 Å². The number of benzene rings is 2. The molecule has 1 fully saturated rings. The summed E-state index contributed by atoms with van der Waals surface area (Å²) in [6.07, 6.45) is 3.02. The van der Waals surface area contributed by atoms with Crippen molar-refractivity contribution in [3.8, 4) is 11.5 Å². The number of hydrogen-bond donors (Lipinski definition) is 2. The van der Waals surface area contributed by atoms with Crippen LogP contribution in [-0.4, -0.2) is 72.6 Å². The summed E-state index contributed by atoms with van der Waals surface area (Å²) in [7, 11) is 1.59. The molecule has 1 aliphatic rings. The van der Waals surface area contributed by atoms with Crippen LogP contribution in [0.1, 0.15) is 12.8 Å². The lowest BCUT2D eigenvalue weighted by Crippen LogP contribution is -2.43. The minimum absolute atomic E-state index is 0.0250. The van der Waals surface area contributed by atoms with Crippen molar-refractivity contribution in [2.24, 2.45) is 0 Å². The molecule has 4 rings (SSSR count). The predicted octanol–water partition coefficient (Wildman–Crippen LogP) is 4.03. The molecule has 2 aromatic carbocycles. The van der Waals surface area contributed by atoms with Gasteiger partial charge in [0.2, 0.25) is 0 Å². The molecule has 182 valence electrons. The zero-order chi connectivity index (χ0) is 23.9. The molecule has 0 unspecified atom stereocenters. The van der Waals surface area contributed by atoms with Gasteiger partial charge in [0, 0.05) is 43.4 Å². The fourth-order valence-electron chi connectivity index (χ4n) is 3.92. The molecule has 8 nitrogen and oxygen atoms in total. The average Bonchev–Trinajstić information content (AvgIpc) is 2.84. The van der Waals surface area contributed by atoms with E-state index in [1.807, 2.05) is 6.07 Å². The maximum atomic E-state index is 13.5. The van der Waals surface area contributed by atoms with Crippen molar-refractivity contribution in [3.63, 3.8) is 0 Å². The Morgan fingerprint density at radius 1 is 1.26 bits per heavy atom. The summed E-state index contributed by atoms with van der Waals surface area (Å²) in [5.41, 5.74) is 1.29. The Balaban J connectivity index is 1.44. The first kappa shape index (κ1) is 24.4. The van der Waals surface area contributed by atoms with E-state index >= 15 is 0 Å². The van der Waals surface area contributed by atoms with Crippen LogP contribution in [0.3, 0.4) is 0 Å². The van der Waals surface area contributed by atoms with Crippen molar-refractivity contribution < 1.29 is 23.7 Å². The molecule has 1 atom stereocenters. The van der Waals surface area contributed by atoms with E-state index in [9.17, 15) is 4.39 Å². The number of morpholine rings is 1. The zero-order valence-corrected chi connectivity index (χ0v) is 19.7. The van der Waals surface area contributed by atoms with Gasteiger partial charge >= 0.3 is 0 Å². The number of hydrogen-bond acceptors (Lipinski definition) is 8. The van der Waals surface area contributed by atoms with Crippen LogP contribution >= 0.6 is 11.6 Å². The number of fused-ring (bicyclic) bond motifs is 1. The Labute approximate surface area is 202 Å². The highest BCUT2D eigenvalue weighted by Crippen LogP contribution is 2.35. The van der Waals surface area contributed by atoms with Crippen LogP contribution in [0.4, 0.5) is 15.9 Å². The summed E-state index contributed by atoms with van der Waals surface area (Å²) in [5, 5.41) is 13.1. The van der Waals surface area contributed by atoms with E-state index in [0.717, 1.165) is 31.4 Å². The van der Waals surface area contributed by atoms with Gasteiger partial charge in [-0.2, -0.15) is 0 Å². The average molecular weight is 491 g/mol. The van der Waals surface area contributed by atoms with Gasteiger partial charge in [-0.3, -0.25) is 4.90 Å². The number of aliphatic hydroxyl groups is 1. The second-order valence-electron chi connectivity index (χ2n) is 8.00. The number of ether oxygens (including phenoxy) is 3.